The van der Waals surface area contributed by atoms with E-state index in [1.807, 2.05) is 0 Å². The van der Waals surface area contributed by atoms with Crippen LogP contribution in [0.4, 0.5) is 5.69 Å². The number of carbonyl (C=O) groups is 1. The van der Waals surface area contributed by atoms with E-state index >= 15 is 0 Å². The molecule has 0 aliphatic heterocycles. The molecule has 0 amide bonds. The third-order valence-electron chi connectivity index (χ3n) is 2.39. The van der Waals surface area contributed by atoms with Crippen molar-refractivity contribution in [2.24, 2.45) is 0 Å². The van der Waals surface area contributed by atoms with Crippen molar-refractivity contribution in [2.45, 2.75) is 0 Å². The van der Waals surface area contributed by atoms with Crippen LogP contribution in [0.15, 0.2) is 41.0 Å². The fraction of sp³-hybridized carbons (Fsp3) is 0.0833. The molecule has 2 rings (SSSR count). The molecule has 0 saturated heterocycles. The first kappa shape index (κ1) is 11.8. The van der Waals surface area contributed by atoms with Gasteiger partial charge in [-0.15, -0.1) is 0 Å². The van der Waals surface area contributed by atoms with Gasteiger partial charge in [0.15, 0.2) is 0 Å². The summed E-state index contributed by atoms with van der Waals surface area (Å²) in [6, 6.07) is 7.55. The van der Waals surface area contributed by atoms with Crippen molar-refractivity contribution in [3.63, 3.8) is 0 Å². The smallest absolute Gasteiger partial charge is 0.341 e. The standard InChI is InChI=1S/C12H9NO5/c1-17-12(14)8-6-11(18-7-8)9-4-2-3-5-10(9)13(15)16/h2-7H,1H3. The summed E-state index contributed by atoms with van der Waals surface area (Å²) in [4.78, 5) is 21.6. The topological polar surface area (TPSA) is 82.6 Å². The summed E-state index contributed by atoms with van der Waals surface area (Å²) in [6.45, 7) is 0. The van der Waals surface area contributed by atoms with Crippen molar-refractivity contribution in [1.82, 2.24) is 0 Å². The minimum Gasteiger partial charge on any atom is -0.465 e. The lowest BCUT2D eigenvalue weighted by molar-refractivity contribution is -0.384. The molecule has 0 radical (unpaired) electrons. The molecule has 0 aliphatic carbocycles. The number of nitro groups is 1. The molecule has 0 atom stereocenters. The van der Waals surface area contributed by atoms with Gasteiger partial charge in [-0.25, -0.2) is 4.79 Å². The molecule has 1 heterocycles. The van der Waals surface area contributed by atoms with Gasteiger partial charge in [0.25, 0.3) is 5.69 Å². The number of hydrogen-bond donors (Lipinski definition) is 0. The number of furan rings is 1. The second-order valence-corrected chi connectivity index (χ2v) is 3.47. The van der Waals surface area contributed by atoms with E-state index in [1.54, 1.807) is 18.2 Å². The minimum absolute atomic E-state index is 0.0803. The lowest BCUT2D eigenvalue weighted by Gasteiger charge is -1.98. The van der Waals surface area contributed by atoms with Crippen LogP contribution in [0.25, 0.3) is 11.3 Å². The van der Waals surface area contributed by atoms with Gasteiger partial charge in [0, 0.05) is 6.07 Å². The lowest BCUT2D eigenvalue weighted by Crippen LogP contribution is -1.98. The number of carbonyl (C=O) groups excluding carboxylic acids is 1. The van der Waals surface area contributed by atoms with Crippen molar-refractivity contribution in [2.75, 3.05) is 7.11 Å². The molecule has 0 spiro atoms. The Kier molecular flexibility index (Phi) is 3.09. The molecular formula is C12H9NO5. The largest absolute Gasteiger partial charge is 0.465 e. The molecule has 6 nitrogen and oxygen atoms in total. The van der Waals surface area contributed by atoms with E-state index in [4.69, 9.17) is 4.42 Å². The van der Waals surface area contributed by atoms with Gasteiger partial charge in [0.1, 0.15) is 12.0 Å². The fourth-order valence-electron chi connectivity index (χ4n) is 1.54. The Morgan fingerprint density at radius 1 is 1.39 bits per heavy atom. The van der Waals surface area contributed by atoms with Gasteiger partial charge in [-0.1, -0.05) is 12.1 Å². The second kappa shape index (κ2) is 4.70. The highest BCUT2D eigenvalue weighted by Gasteiger charge is 2.19. The molecule has 1 aromatic carbocycles. The summed E-state index contributed by atoms with van der Waals surface area (Å²) in [5.74, 6) is -0.300. The Labute approximate surface area is 102 Å². The van der Waals surface area contributed by atoms with Gasteiger partial charge in [0.05, 0.1) is 23.2 Å². The number of esters is 1. The Bertz CT molecular complexity index is 602. The highest BCUT2D eigenvalue weighted by molar-refractivity contribution is 5.90. The monoisotopic (exact) mass is 247 g/mol. The van der Waals surface area contributed by atoms with Crippen LogP contribution in [0.1, 0.15) is 10.4 Å². The number of para-hydroxylation sites is 1. The minimum atomic E-state index is -0.552. The molecule has 0 fully saturated rings. The molecule has 1 aromatic heterocycles. The first-order valence-electron chi connectivity index (χ1n) is 5.04. The van der Waals surface area contributed by atoms with Gasteiger partial charge >= 0.3 is 5.97 Å². The molecule has 0 N–H and O–H groups in total. The normalized spacial score (nSPS) is 10.1. The van der Waals surface area contributed by atoms with Crippen molar-refractivity contribution in [1.29, 1.82) is 0 Å². The number of ether oxygens (including phenoxy) is 1. The maximum Gasteiger partial charge on any atom is 0.341 e. The summed E-state index contributed by atoms with van der Waals surface area (Å²) in [7, 11) is 1.25. The maximum absolute atomic E-state index is 11.3. The van der Waals surface area contributed by atoms with E-state index in [0.717, 1.165) is 0 Å². The molecule has 92 valence electrons. The predicted molar refractivity (Wildman–Crippen MR) is 62.1 cm³/mol. The van der Waals surface area contributed by atoms with E-state index in [2.05, 4.69) is 4.74 Å². The predicted octanol–water partition coefficient (Wildman–Crippen LogP) is 2.64. The second-order valence-electron chi connectivity index (χ2n) is 3.47. The van der Waals surface area contributed by atoms with Crippen LogP contribution in [-0.4, -0.2) is 18.0 Å². The van der Waals surface area contributed by atoms with E-state index in [9.17, 15) is 14.9 Å². The van der Waals surface area contributed by atoms with Crippen LogP contribution in [0.5, 0.6) is 0 Å². The van der Waals surface area contributed by atoms with Crippen LogP contribution in [0.2, 0.25) is 0 Å². The van der Waals surface area contributed by atoms with Gasteiger partial charge in [0.2, 0.25) is 0 Å². The van der Waals surface area contributed by atoms with E-state index in [1.165, 1.54) is 25.5 Å². The molecule has 6 heteroatoms. The Balaban J connectivity index is 2.46. The van der Waals surface area contributed by atoms with Crippen molar-refractivity contribution < 1.29 is 18.9 Å². The molecule has 18 heavy (non-hydrogen) atoms. The lowest BCUT2D eigenvalue weighted by atomic mass is 10.1. The van der Waals surface area contributed by atoms with Gasteiger partial charge < -0.3 is 9.15 Å². The number of nitrogens with zero attached hydrogens (tertiary/aromatic N) is 1. The Morgan fingerprint density at radius 3 is 2.78 bits per heavy atom. The third kappa shape index (κ3) is 2.08. The van der Waals surface area contributed by atoms with E-state index < -0.39 is 10.9 Å². The van der Waals surface area contributed by atoms with Gasteiger partial charge in [-0.3, -0.25) is 10.1 Å². The van der Waals surface area contributed by atoms with Crippen LogP contribution in [0.3, 0.4) is 0 Å². The molecule has 0 bridgehead atoms. The molecular weight excluding hydrogens is 238 g/mol. The molecule has 0 unspecified atom stereocenters. The van der Waals surface area contributed by atoms with Crippen LogP contribution in [-0.2, 0) is 4.74 Å². The zero-order valence-electron chi connectivity index (χ0n) is 9.45. The Morgan fingerprint density at radius 2 is 2.11 bits per heavy atom. The summed E-state index contributed by atoms with van der Waals surface area (Å²) in [5, 5.41) is 10.9. The SMILES string of the molecule is COC(=O)c1coc(-c2ccccc2[N+](=O)[O-])c1. The Hall–Kier alpha value is -2.63. The zero-order valence-corrected chi connectivity index (χ0v) is 9.45. The molecule has 0 aliphatic rings. The third-order valence-corrected chi connectivity index (χ3v) is 2.39. The van der Waals surface area contributed by atoms with Crippen LogP contribution >= 0.6 is 0 Å². The van der Waals surface area contributed by atoms with E-state index in [-0.39, 0.29) is 17.0 Å². The molecule has 0 saturated carbocycles. The van der Waals surface area contributed by atoms with Crippen molar-refractivity contribution in [3.8, 4) is 11.3 Å². The van der Waals surface area contributed by atoms with Crippen LogP contribution in [0, 0.1) is 10.1 Å². The number of rotatable bonds is 3. The van der Waals surface area contributed by atoms with Gasteiger partial charge in [-0.05, 0) is 12.1 Å². The van der Waals surface area contributed by atoms with E-state index in [0.29, 0.717) is 5.56 Å². The van der Waals surface area contributed by atoms with Crippen molar-refractivity contribution >= 4 is 11.7 Å². The highest BCUT2D eigenvalue weighted by Crippen LogP contribution is 2.30. The van der Waals surface area contributed by atoms with Crippen molar-refractivity contribution in [3.05, 3.63) is 52.3 Å². The number of nitro benzene ring substituents is 1. The summed E-state index contributed by atoms with van der Waals surface area (Å²) < 4.78 is 9.69. The summed E-state index contributed by atoms with van der Waals surface area (Å²) >= 11 is 0. The number of methoxy groups -OCH3 is 1. The fourth-order valence-corrected chi connectivity index (χ4v) is 1.54. The van der Waals surface area contributed by atoms with Gasteiger partial charge in [-0.2, -0.15) is 0 Å². The maximum atomic E-state index is 11.3. The van der Waals surface area contributed by atoms with Crippen LogP contribution < -0.4 is 0 Å². The number of benzene rings is 1. The first-order valence-corrected chi connectivity index (χ1v) is 5.04. The summed E-state index contributed by atoms with van der Waals surface area (Å²) in [6.07, 6.45) is 1.21. The number of hydrogen-bond acceptors (Lipinski definition) is 5. The first-order chi connectivity index (χ1) is 8.63. The average molecular weight is 247 g/mol. The average Bonchev–Trinajstić information content (AvgIpc) is 2.87. The quantitative estimate of drug-likeness (QED) is 0.473. The molecule has 2 aromatic rings. The zero-order chi connectivity index (χ0) is 13.1. The summed E-state index contributed by atoms with van der Waals surface area (Å²) in [5.41, 5.74) is 0.451. The highest BCUT2D eigenvalue weighted by atomic mass is 16.6.